The SMILES string of the molecule is CCOc1cc(C(C)(C)C)ncc1C1=N[C@@](C)(c2ccc(Cl)cc2)[C@@](C)(c2ccc(Cl)cc2)N1C(=O)N1CCN(CC(N)=O)CC1. The summed E-state index contributed by atoms with van der Waals surface area (Å²) in [6.45, 7) is 14.8. The molecule has 3 amide bonds. The third-order valence-electron chi connectivity index (χ3n) is 9.14. The number of pyridine rings is 1. The van der Waals surface area contributed by atoms with Gasteiger partial charge in [-0.1, -0.05) is 68.2 Å². The number of urea groups is 1. The monoisotopic (exact) mass is 664 g/mol. The zero-order valence-corrected chi connectivity index (χ0v) is 28.8. The first kappa shape index (κ1) is 33.7. The first-order valence-electron chi connectivity index (χ1n) is 15.5. The van der Waals surface area contributed by atoms with Crippen molar-refractivity contribution >= 4 is 41.0 Å². The minimum atomic E-state index is -1.03. The van der Waals surface area contributed by atoms with Gasteiger partial charge in [0.25, 0.3) is 0 Å². The molecule has 1 aromatic heterocycles. The van der Waals surface area contributed by atoms with Crippen LogP contribution >= 0.6 is 23.2 Å². The molecule has 0 aliphatic carbocycles. The van der Waals surface area contributed by atoms with Gasteiger partial charge in [0.1, 0.15) is 22.7 Å². The van der Waals surface area contributed by atoms with Gasteiger partial charge in [0, 0.05) is 59.6 Å². The van der Waals surface area contributed by atoms with Crippen molar-refractivity contribution in [2.75, 3.05) is 39.3 Å². The summed E-state index contributed by atoms with van der Waals surface area (Å²) in [5.41, 5.74) is 6.44. The predicted molar refractivity (Wildman–Crippen MR) is 183 cm³/mol. The van der Waals surface area contributed by atoms with E-state index in [4.69, 9.17) is 43.6 Å². The third kappa shape index (κ3) is 6.20. The Labute approximate surface area is 281 Å². The van der Waals surface area contributed by atoms with Crippen LogP contribution < -0.4 is 10.5 Å². The zero-order valence-electron chi connectivity index (χ0n) is 27.3. The fraction of sp³-hybridized carbons (Fsp3) is 0.429. The van der Waals surface area contributed by atoms with Crippen LogP contribution in [0.25, 0.3) is 0 Å². The number of aromatic nitrogens is 1. The van der Waals surface area contributed by atoms with Crippen LogP contribution in [0.4, 0.5) is 4.79 Å². The molecule has 0 unspecified atom stereocenters. The molecule has 11 heteroatoms. The summed E-state index contributed by atoms with van der Waals surface area (Å²) < 4.78 is 6.23. The van der Waals surface area contributed by atoms with Crippen molar-refractivity contribution < 1.29 is 14.3 Å². The van der Waals surface area contributed by atoms with E-state index in [1.165, 1.54) is 0 Å². The lowest BCUT2D eigenvalue weighted by Gasteiger charge is -2.47. The second-order valence-corrected chi connectivity index (χ2v) is 14.1. The van der Waals surface area contributed by atoms with E-state index in [1.54, 1.807) is 11.1 Å². The molecule has 0 spiro atoms. The van der Waals surface area contributed by atoms with Crippen LogP contribution in [0.5, 0.6) is 5.75 Å². The Morgan fingerprint density at radius 3 is 2.02 bits per heavy atom. The van der Waals surface area contributed by atoms with E-state index < -0.39 is 17.0 Å². The average Bonchev–Trinajstić information content (AvgIpc) is 3.25. The number of carbonyl (C=O) groups is 2. The molecule has 46 heavy (non-hydrogen) atoms. The quantitative estimate of drug-likeness (QED) is 0.324. The van der Waals surface area contributed by atoms with Crippen LogP contribution in [-0.4, -0.2) is 76.8 Å². The number of rotatable bonds is 7. The van der Waals surface area contributed by atoms with Gasteiger partial charge in [-0.05, 0) is 56.2 Å². The topological polar surface area (TPSA) is 104 Å². The normalized spacial score (nSPS) is 22.1. The third-order valence-corrected chi connectivity index (χ3v) is 9.64. The molecule has 1 saturated heterocycles. The van der Waals surface area contributed by atoms with Crippen LogP contribution in [0.1, 0.15) is 63.9 Å². The molecule has 3 aromatic rings. The maximum Gasteiger partial charge on any atom is 0.326 e. The number of nitrogens with zero attached hydrogens (tertiary/aromatic N) is 5. The van der Waals surface area contributed by atoms with Gasteiger partial charge >= 0.3 is 6.03 Å². The molecule has 3 heterocycles. The van der Waals surface area contributed by atoms with Crippen molar-refractivity contribution in [3.63, 3.8) is 0 Å². The Balaban J connectivity index is 1.73. The summed E-state index contributed by atoms with van der Waals surface area (Å²) in [7, 11) is 0. The molecule has 1 fully saturated rings. The minimum Gasteiger partial charge on any atom is -0.493 e. The summed E-state index contributed by atoms with van der Waals surface area (Å²) >= 11 is 12.7. The van der Waals surface area contributed by atoms with E-state index in [0.717, 1.165) is 16.8 Å². The summed E-state index contributed by atoms with van der Waals surface area (Å²) in [6, 6.07) is 16.9. The maximum absolute atomic E-state index is 15.0. The Morgan fingerprint density at radius 2 is 1.50 bits per heavy atom. The second kappa shape index (κ2) is 12.9. The molecule has 2 aromatic carbocycles. The van der Waals surface area contributed by atoms with Crippen molar-refractivity contribution in [1.29, 1.82) is 0 Å². The Hall–Kier alpha value is -3.66. The largest absolute Gasteiger partial charge is 0.493 e. The number of benzene rings is 2. The number of hydrogen-bond acceptors (Lipinski definition) is 6. The van der Waals surface area contributed by atoms with Crippen LogP contribution in [-0.2, 0) is 21.3 Å². The van der Waals surface area contributed by atoms with Crippen LogP contribution in [0.3, 0.4) is 0 Å². The number of nitrogens with two attached hydrogens (primary N) is 1. The molecule has 0 bridgehead atoms. The fourth-order valence-electron chi connectivity index (χ4n) is 6.32. The lowest BCUT2D eigenvalue weighted by Crippen LogP contribution is -2.61. The van der Waals surface area contributed by atoms with E-state index >= 15 is 0 Å². The highest BCUT2D eigenvalue weighted by molar-refractivity contribution is 6.30. The molecule has 2 aliphatic rings. The van der Waals surface area contributed by atoms with Crippen molar-refractivity contribution in [3.05, 3.63) is 93.2 Å². The van der Waals surface area contributed by atoms with Crippen molar-refractivity contribution in [2.45, 2.75) is 58.0 Å². The van der Waals surface area contributed by atoms with Gasteiger partial charge < -0.3 is 15.4 Å². The van der Waals surface area contributed by atoms with Crippen molar-refractivity contribution in [1.82, 2.24) is 19.7 Å². The van der Waals surface area contributed by atoms with E-state index in [9.17, 15) is 9.59 Å². The smallest absolute Gasteiger partial charge is 0.326 e. The first-order valence-corrected chi connectivity index (χ1v) is 16.3. The van der Waals surface area contributed by atoms with Gasteiger partial charge in [-0.15, -0.1) is 0 Å². The summed E-state index contributed by atoms with van der Waals surface area (Å²) in [4.78, 5) is 42.5. The van der Waals surface area contributed by atoms with Crippen LogP contribution in [0.15, 0.2) is 65.8 Å². The second-order valence-electron chi connectivity index (χ2n) is 13.2. The van der Waals surface area contributed by atoms with Crippen LogP contribution in [0, 0.1) is 0 Å². The number of carbonyl (C=O) groups excluding carboxylic acids is 2. The molecule has 0 saturated carbocycles. The van der Waals surface area contributed by atoms with E-state index in [2.05, 4.69) is 20.8 Å². The summed E-state index contributed by atoms with van der Waals surface area (Å²) in [6.07, 6.45) is 1.77. The standard InChI is InChI=1S/C35H42Cl2N6O3/c1-7-46-28-20-29(33(2,3)4)39-21-27(28)31-40-34(5,23-8-12-25(36)13-9-23)35(6,24-10-14-26(37)15-11-24)43(31)32(45)42-18-16-41(17-19-42)22-30(38)44/h8-15,20-21H,7,16-19,22H2,1-6H3,(H2,38,44)/t34-,35+/m0/s1. The predicted octanol–water partition coefficient (Wildman–Crippen LogP) is 6.20. The van der Waals surface area contributed by atoms with E-state index in [1.807, 2.05) is 85.2 Å². The highest BCUT2D eigenvalue weighted by Crippen LogP contribution is 2.54. The highest BCUT2D eigenvalue weighted by Gasteiger charge is 2.60. The minimum absolute atomic E-state index is 0.152. The summed E-state index contributed by atoms with van der Waals surface area (Å²) in [5.74, 6) is 0.664. The molecule has 0 radical (unpaired) electrons. The fourth-order valence-corrected chi connectivity index (χ4v) is 6.57. The van der Waals surface area contributed by atoms with Gasteiger partial charge in [0.2, 0.25) is 5.91 Å². The lowest BCUT2D eigenvalue weighted by molar-refractivity contribution is -0.119. The van der Waals surface area contributed by atoms with E-state index in [0.29, 0.717) is 60.0 Å². The number of ether oxygens (including phenoxy) is 1. The van der Waals surface area contributed by atoms with Crippen LogP contribution in [0.2, 0.25) is 10.0 Å². The number of amides is 3. The van der Waals surface area contributed by atoms with Gasteiger partial charge in [-0.3, -0.25) is 24.6 Å². The van der Waals surface area contributed by atoms with Gasteiger partial charge in [-0.25, -0.2) is 4.79 Å². The van der Waals surface area contributed by atoms with E-state index in [-0.39, 0.29) is 18.0 Å². The van der Waals surface area contributed by atoms with Gasteiger partial charge in [-0.2, -0.15) is 0 Å². The molecule has 2 N–H and O–H groups in total. The molecule has 2 atom stereocenters. The average molecular weight is 666 g/mol. The molecular weight excluding hydrogens is 623 g/mol. The number of halogens is 2. The molecule has 5 rings (SSSR count). The highest BCUT2D eigenvalue weighted by atomic mass is 35.5. The Morgan fingerprint density at radius 1 is 0.935 bits per heavy atom. The number of primary amides is 1. The number of piperazine rings is 1. The molecular formula is C35H42Cl2N6O3. The number of hydrogen-bond donors (Lipinski definition) is 1. The van der Waals surface area contributed by atoms with Crippen molar-refractivity contribution in [3.8, 4) is 5.75 Å². The maximum atomic E-state index is 15.0. The van der Waals surface area contributed by atoms with Crippen molar-refractivity contribution in [2.24, 2.45) is 10.7 Å². The lowest BCUT2D eigenvalue weighted by atomic mass is 9.71. The first-order chi connectivity index (χ1) is 21.7. The Kier molecular flexibility index (Phi) is 9.42. The zero-order chi connectivity index (χ0) is 33.4. The Bertz CT molecular complexity index is 1630. The molecule has 244 valence electrons. The van der Waals surface area contributed by atoms with Gasteiger partial charge in [0.05, 0.1) is 18.7 Å². The van der Waals surface area contributed by atoms with Gasteiger partial charge in [0.15, 0.2) is 0 Å². The summed E-state index contributed by atoms with van der Waals surface area (Å²) in [5, 5.41) is 1.19. The number of aliphatic imine (C=N–C) groups is 1. The molecule has 2 aliphatic heterocycles. The number of amidine groups is 1. The molecule has 9 nitrogen and oxygen atoms in total.